The Balaban J connectivity index is 2.21. The van der Waals surface area contributed by atoms with E-state index in [1.165, 1.54) is 4.31 Å². The SMILES string of the molecule is CCC(C(=O)NC)N(Cc1cccc(OC)c1)C(=O)CCCN(c1ccccc1C)S(C)(=O)=O. The van der Waals surface area contributed by atoms with Crippen LogP contribution in [0.15, 0.2) is 48.5 Å². The number of likely N-dealkylation sites (N-methyl/N-ethyl adjacent to an activating group) is 1. The van der Waals surface area contributed by atoms with E-state index in [4.69, 9.17) is 4.74 Å². The van der Waals surface area contributed by atoms with Crippen LogP contribution in [0.4, 0.5) is 5.69 Å². The molecule has 1 atom stereocenters. The van der Waals surface area contributed by atoms with Crippen molar-refractivity contribution < 1.29 is 22.7 Å². The molecule has 8 nitrogen and oxygen atoms in total. The second-order valence-corrected chi connectivity index (χ2v) is 10.0. The molecule has 0 fully saturated rings. The molecule has 2 amide bonds. The molecule has 34 heavy (non-hydrogen) atoms. The van der Waals surface area contributed by atoms with Crippen molar-refractivity contribution in [1.82, 2.24) is 10.2 Å². The predicted octanol–water partition coefficient (Wildman–Crippen LogP) is 3.10. The first-order valence-electron chi connectivity index (χ1n) is 11.3. The molecule has 2 aromatic rings. The molecule has 0 saturated heterocycles. The van der Waals surface area contributed by atoms with Crippen LogP contribution in [-0.4, -0.2) is 58.1 Å². The van der Waals surface area contributed by atoms with Crippen LogP contribution < -0.4 is 14.4 Å². The molecule has 0 aromatic heterocycles. The Bertz CT molecular complexity index is 1090. The average Bonchev–Trinajstić information content (AvgIpc) is 2.81. The third-order valence-corrected chi connectivity index (χ3v) is 6.84. The third kappa shape index (κ3) is 7.21. The van der Waals surface area contributed by atoms with Crippen molar-refractivity contribution in [3.8, 4) is 5.75 Å². The van der Waals surface area contributed by atoms with Crippen LogP contribution in [0, 0.1) is 6.92 Å². The van der Waals surface area contributed by atoms with E-state index in [1.807, 2.05) is 50.2 Å². The minimum atomic E-state index is -3.52. The highest BCUT2D eigenvalue weighted by Crippen LogP contribution is 2.23. The van der Waals surface area contributed by atoms with Gasteiger partial charge >= 0.3 is 0 Å². The largest absolute Gasteiger partial charge is 0.497 e. The van der Waals surface area contributed by atoms with Crippen LogP contribution in [0.25, 0.3) is 0 Å². The van der Waals surface area contributed by atoms with Crippen molar-refractivity contribution in [2.24, 2.45) is 0 Å². The molecule has 1 N–H and O–H groups in total. The lowest BCUT2D eigenvalue weighted by Gasteiger charge is -2.31. The van der Waals surface area contributed by atoms with Gasteiger partial charge in [-0.15, -0.1) is 0 Å². The normalized spacial score (nSPS) is 12.0. The standard InChI is InChI=1S/C25H35N3O5S/c1-6-22(25(30)26-3)27(18-20-12-9-13-21(17-20)33-4)24(29)15-10-16-28(34(5,31)32)23-14-8-7-11-19(23)2/h7-9,11-14,17,22H,6,10,15-16,18H2,1-5H3,(H,26,30). The zero-order valence-electron chi connectivity index (χ0n) is 20.6. The third-order valence-electron chi connectivity index (χ3n) is 5.66. The van der Waals surface area contributed by atoms with Gasteiger partial charge in [0.25, 0.3) is 0 Å². The van der Waals surface area contributed by atoms with E-state index in [0.29, 0.717) is 24.3 Å². The number of carbonyl (C=O) groups excluding carboxylic acids is 2. The van der Waals surface area contributed by atoms with Crippen molar-refractivity contribution in [3.05, 3.63) is 59.7 Å². The average molecular weight is 490 g/mol. The fraction of sp³-hybridized carbons (Fsp3) is 0.440. The molecule has 0 aliphatic rings. The number of aryl methyl sites for hydroxylation is 1. The summed E-state index contributed by atoms with van der Waals surface area (Å²) < 4.78 is 31.5. The number of anilines is 1. The summed E-state index contributed by atoms with van der Waals surface area (Å²) in [6.07, 6.45) is 2.04. The summed E-state index contributed by atoms with van der Waals surface area (Å²) in [5.74, 6) is 0.216. The fourth-order valence-corrected chi connectivity index (χ4v) is 4.90. The van der Waals surface area contributed by atoms with Gasteiger partial charge in [0.15, 0.2) is 0 Å². The molecule has 0 aliphatic heterocycles. The Hall–Kier alpha value is -3.07. The summed E-state index contributed by atoms with van der Waals surface area (Å²) in [4.78, 5) is 27.4. The molecule has 2 rings (SSSR count). The van der Waals surface area contributed by atoms with Crippen LogP contribution in [0.5, 0.6) is 5.75 Å². The molecule has 0 saturated carbocycles. The van der Waals surface area contributed by atoms with Gasteiger partial charge in [0.2, 0.25) is 21.8 Å². The zero-order chi connectivity index (χ0) is 25.3. The van der Waals surface area contributed by atoms with E-state index in [0.717, 1.165) is 17.4 Å². The highest BCUT2D eigenvalue weighted by atomic mass is 32.2. The first-order valence-corrected chi connectivity index (χ1v) is 13.1. The van der Waals surface area contributed by atoms with Gasteiger partial charge in [-0.25, -0.2) is 8.42 Å². The van der Waals surface area contributed by atoms with Crippen LogP contribution in [-0.2, 0) is 26.2 Å². The Labute approximate surface area is 202 Å². The van der Waals surface area contributed by atoms with Gasteiger partial charge in [0, 0.05) is 26.6 Å². The van der Waals surface area contributed by atoms with Crippen molar-refractivity contribution in [2.45, 2.75) is 45.7 Å². The lowest BCUT2D eigenvalue weighted by atomic mass is 10.1. The molecule has 1 unspecified atom stereocenters. The quantitative estimate of drug-likeness (QED) is 0.494. The van der Waals surface area contributed by atoms with Crippen molar-refractivity contribution >= 4 is 27.5 Å². The lowest BCUT2D eigenvalue weighted by molar-refractivity contribution is -0.141. The molecule has 0 radical (unpaired) electrons. The monoisotopic (exact) mass is 489 g/mol. The van der Waals surface area contributed by atoms with Gasteiger partial charge < -0.3 is 15.0 Å². The fourth-order valence-electron chi connectivity index (χ4n) is 3.88. The van der Waals surface area contributed by atoms with Gasteiger partial charge in [-0.1, -0.05) is 37.3 Å². The number of hydrogen-bond acceptors (Lipinski definition) is 5. The first kappa shape index (κ1) is 27.2. The van der Waals surface area contributed by atoms with Gasteiger partial charge in [-0.3, -0.25) is 13.9 Å². The number of ether oxygens (including phenoxy) is 1. The van der Waals surface area contributed by atoms with E-state index in [9.17, 15) is 18.0 Å². The number of rotatable bonds is 12. The van der Waals surface area contributed by atoms with Crippen molar-refractivity contribution in [2.75, 3.05) is 31.3 Å². The minimum Gasteiger partial charge on any atom is -0.497 e. The van der Waals surface area contributed by atoms with Crippen molar-refractivity contribution in [1.29, 1.82) is 0 Å². The number of benzene rings is 2. The first-order chi connectivity index (χ1) is 16.1. The number of methoxy groups -OCH3 is 1. The maximum atomic E-state index is 13.3. The number of amides is 2. The Morgan fingerprint density at radius 3 is 2.41 bits per heavy atom. The van der Waals surface area contributed by atoms with Gasteiger partial charge in [0.05, 0.1) is 19.1 Å². The molecule has 0 aliphatic carbocycles. The van der Waals surface area contributed by atoms with Gasteiger partial charge in [0.1, 0.15) is 11.8 Å². The second-order valence-electron chi connectivity index (χ2n) is 8.14. The summed E-state index contributed by atoms with van der Waals surface area (Å²) in [6, 6.07) is 14.0. The van der Waals surface area contributed by atoms with Gasteiger partial charge in [-0.05, 0) is 49.1 Å². The Kier molecular flexibility index (Phi) is 9.92. The highest BCUT2D eigenvalue weighted by Gasteiger charge is 2.28. The van der Waals surface area contributed by atoms with Gasteiger partial charge in [-0.2, -0.15) is 0 Å². The number of nitrogens with zero attached hydrogens (tertiary/aromatic N) is 2. The number of hydrogen-bond donors (Lipinski definition) is 1. The summed E-state index contributed by atoms with van der Waals surface area (Å²) in [7, 11) is -0.403. The summed E-state index contributed by atoms with van der Waals surface area (Å²) >= 11 is 0. The summed E-state index contributed by atoms with van der Waals surface area (Å²) in [5, 5.41) is 2.64. The van der Waals surface area contributed by atoms with Crippen LogP contribution in [0.2, 0.25) is 0 Å². The van der Waals surface area contributed by atoms with E-state index in [2.05, 4.69) is 5.32 Å². The lowest BCUT2D eigenvalue weighted by Crippen LogP contribution is -2.48. The molecular weight excluding hydrogens is 454 g/mol. The number of para-hydroxylation sites is 1. The molecule has 0 spiro atoms. The molecule has 9 heteroatoms. The van der Waals surface area contributed by atoms with Crippen LogP contribution in [0.3, 0.4) is 0 Å². The Morgan fingerprint density at radius 2 is 1.82 bits per heavy atom. The minimum absolute atomic E-state index is 0.107. The number of nitrogens with one attached hydrogen (secondary N) is 1. The number of sulfonamides is 1. The second kappa shape index (κ2) is 12.4. The number of carbonyl (C=O) groups is 2. The van der Waals surface area contributed by atoms with E-state index < -0.39 is 16.1 Å². The molecular formula is C25H35N3O5S. The maximum absolute atomic E-state index is 13.3. The highest BCUT2D eigenvalue weighted by molar-refractivity contribution is 7.92. The smallest absolute Gasteiger partial charge is 0.242 e. The molecule has 0 bridgehead atoms. The summed E-state index contributed by atoms with van der Waals surface area (Å²) in [5.41, 5.74) is 2.28. The molecule has 186 valence electrons. The Morgan fingerprint density at radius 1 is 1.12 bits per heavy atom. The topological polar surface area (TPSA) is 96.0 Å². The zero-order valence-corrected chi connectivity index (χ0v) is 21.4. The molecule has 2 aromatic carbocycles. The summed E-state index contributed by atoms with van der Waals surface area (Å²) in [6.45, 7) is 4.12. The van der Waals surface area contributed by atoms with Crippen LogP contribution >= 0.6 is 0 Å². The van der Waals surface area contributed by atoms with Crippen LogP contribution in [0.1, 0.15) is 37.3 Å². The van der Waals surface area contributed by atoms with E-state index >= 15 is 0 Å². The van der Waals surface area contributed by atoms with E-state index in [1.54, 1.807) is 31.2 Å². The maximum Gasteiger partial charge on any atom is 0.242 e. The molecule has 0 heterocycles. The van der Waals surface area contributed by atoms with E-state index in [-0.39, 0.29) is 31.3 Å². The van der Waals surface area contributed by atoms with Crippen molar-refractivity contribution in [3.63, 3.8) is 0 Å². The predicted molar refractivity (Wildman–Crippen MR) is 134 cm³/mol.